The summed E-state index contributed by atoms with van der Waals surface area (Å²) in [5.74, 6) is 6.42. The smallest absolute Gasteiger partial charge is 0.269 e. The van der Waals surface area contributed by atoms with E-state index in [1.807, 2.05) is 13.0 Å². The maximum absolute atomic E-state index is 14.7. The van der Waals surface area contributed by atoms with Crippen molar-refractivity contribution < 1.29 is 4.39 Å². The van der Waals surface area contributed by atoms with Gasteiger partial charge in [0.25, 0.3) is 5.56 Å². The minimum absolute atomic E-state index is 0.0781. The summed E-state index contributed by atoms with van der Waals surface area (Å²) in [4.78, 5) is 34.9. The summed E-state index contributed by atoms with van der Waals surface area (Å²) >= 11 is 0. The number of nitrogens with two attached hydrogens (primary N) is 1. The zero-order valence-corrected chi connectivity index (χ0v) is 19.8. The van der Waals surface area contributed by atoms with E-state index < -0.39 is 17.4 Å². The van der Waals surface area contributed by atoms with Gasteiger partial charge in [-0.25, -0.2) is 29.3 Å². The molecular weight excluding hydrogens is 471 g/mol. The number of anilines is 2. The van der Waals surface area contributed by atoms with Gasteiger partial charge in [0, 0.05) is 12.4 Å². The van der Waals surface area contributed by atoms with Crippen LogP contribution in [0, 0.1) is 17.7 Å². The summed E-state index contributed by atoms with van der Waals surface area (Å²) in [7, 11) is 0. The third kappa shape index (κ3) is 4.70. The molecule has 182 valence electrons. The topological polar surface area (TPSA) is 124 Å². The Kier molecular flexibility index (Phi) is 6.50. The van der Waals surface area contributed by atoms with Crippen LogP contribution in [0.15, 0.2) is 78.1 Å². The van der Waals surface area contributed by atoms with E-state index in [2.05, 4.69) is 37.1 Å². The summed E-state index contributed by atoms with van der Waals surface area (Å²) in [6.07, 6.45) is 5.01. The van der Waals surface area contributed by atoms with Crippen molar-refractivity contribution in [2.75, 3.05) is 11.1 Å². The molecule has 0 aliphatic rings. The lowest BCUT2D eigenvalue weighted by molar-refractivity contribution is 0.630. The van der Waals surface area contributed by atoms with E-state index >= 15 is 0 Å². The number of rotatable bonds is 5. The third-order valence-electron chi connectivity index (χ3n) is 5.66. The molecule has 3 heterocycles. The number of nitrogens with zero attached hydrogens (tertiary/aromatic N) is 6. The third-order valence-corrected chi connectivity index (χ3v) is 5.66. The van der Waals surface area contributed by atoms with Crippen LogP contribution in [0.1, 0.15) is 36.6 Å². The second-order valence-electron chi connectivity index (χ2n) is 7.99. The molecule has 1 atom stereocenters. The van der Waals surface area contributed by atoms with Crippen LogP contribution in [-0.4, -0.2) is 29.5 Å². The Morgan fingerprint density at radius 2 is 1.78 bits per heavy atom. The van der Waals surface area contributed by atoms with Crippen LogP contribution in [0.25, 0.3) is 16.6 Å². The highest BCUT2D eigenvalue weighted by molar-refractivity contribution is 5.79. The average Bonchev–Trinajstić information content (AvgIpc) is 2.92. The number of nitrogens with one attached hydrogen (secondary N) is 1. The van der Waals surface area contributed by atoms with Gasteiger partial charge in [-0.2, -0.15) is 0 Å². The van der Waals surface area contributed by atoms with Crippen LogP contribution >= 0.6 is 0 Å². The monoisotopic (exact) mass is 492 g/mol. The van der Waals surface area contributed by atoms with E-state index in [0.717, 1.165) is 0 Å². The maximum atomic E-state index is 14.7. The maximum Gasteiger partial charge on any atom is 0.269 e. The lowest BCUT2D eigenvalue weighted by atomic mass is 10.1. The Bertz CT molecular complexity index is 1700. The summed E-state index contributed by atoms with van der Waals surface area (Å²) < 4.78 is 16.1. The Labute approximate surface area is 211 Å². The molecule has 5 rings (SSSR count). The van der Waals surface area contributed by atoms with Gasteiger partial charge < -0.3 is 11.1 Å². The molecule has 2 aromatic carbocycles. The van der Waals surface area contributed by atoms with E-state index in [-0.39, 0.29) is 16.7 Å². The van der Waals surface area contributed by atoms with Crippen LogP contribution in [-0.2, 0) is 0 Å². The second-order valence-corrected chi connectivity index (χ2v) is 7.99. The van der Waals surface area contributed by atoms with E-state index in [1.54, 1.807) is 48.8 Å². The van der Waals surface area contributed by atoms with E-state index in [0.29, 0.717) is 35.1 Å². The number of benzene rings is 2. The minimum Gasteiger partial charge on any atom is -0.382 e. The highest BCUT2D eigenvalue weighted by Gasteiger charge is 2.23. The molecule has 3 aromatic heterocycles. The van der Waals surface area contributed by atoms with Crippen molar-refractivity contribution >= 4 is 22.5 Å². The van der Waals surface area contributed by atoms with Gasteiger partial charge in [-0.15, -0.1) is 0 Å². The van der Waals surface area contributed by atoms with Crippen molar-refractivity contribution in [2.45, 2.75) is 19.4 Å². The molecule has 37 heavy (non-hydrogen) atoms. The average molecular weight is 493 g/mol. The van der Waals surface area contributed by atoms with Crippen LogP contribution < -0.4 is 16.6 Å². The first-order valence-corrected chi connectivity index (χ1v) is 11.5. The van der Waals surface area contributed by atoms with Gasteiger partial charge in [0.15, 0.2) is 0 Å². The summed E-state index contributed by atoms with van der Waals surface area (Å²) in [5, 5.41) is 3.24. The standard InChI is InChI=1S/C27H21FN8O/c1-2-20(34-25-18(24(29)32-16-33-25)12-13-22-30-14-7-15-31-22)26-35-21-11-6-10-19(28)23(21)27(37)36(26)17-8-4-3-5-9-17/h3-11,14-16,20H,2H2,1H3,(H3,29,32,33,34)/t20-/m0/s1. The molecule has 0 aliphatic heterocycles. The van der Waals surface area contributed by atoms with Gasteiger partial charge in [0.1, 0.15) is 40.6 Å². The molecule has 0 saturated carbocycles. The highest BCUT2D eigenvalue weighted by atomic mass is 19.1. The Morgan fingerprint density at radius 3 is 2.54 bits per heavy atom. The van der Waals surface area contributed by atoms with Gasteiger partial charge in [0.05, 0.1) is 17.2 Å². The summed E-state index contributed by atoms with van der Waals surface area (Å²) in [6, 6.07) is 14.6. The Morgan fingerprint density at radius 1 is 1.00 bits per heavy atom. The molecule has 0 radical (unpaired) electrons. The Balaban J connectivity index is 1.65. The molecule has 0 amide bonds. The molecule has 0 spiro atoms. The Hall–Kier alpha value is -5.17. The molecule has 0 aliphatic carbocycles. The number of nitrogen functional groups attached to an aromatic ring is 1. The van der Waals surface area contributed by atoms with Crippen LogP contribution in [0.4, 0.5) is 16.0 Å². The number of hydrogen-bond donors (Lipinski definition) is 2. The highest BCUT2D eigenvalue weighted by Crippen LogP contribution is 2.26. The normalized spacial score (nSPS) is 11.5. The van der Waals surface area contributed by atoms with Crippen molar-refractivity contribution in [3.63, 3.8) is 0 Å². The predicted octanol–water partition coefficient (Wildman–Crippen LogP) is 3.65. The second kappa shape index (κ2) is 10.2. The van der Waals surface area contributed by atoms with Gasteiger partial charge in [-0.1, -0.05) is 37.1 Å². The number of halogens is 1. The summed E-state index contributed by atoms with van der Waals surface area (Å²) in [5.41, 5.74) is 6.80. The minimum atomic E-state index is -0.628. The van der Waals surface area contributed by atoms with Gasteiger partial charge in [-0.3, -0.25) is 9.36 Å². The van der Waals surface area contributed by atoms with Crippen LogP contribution in [0.5, 0.6) is 0 Å². The molecule has 0 saturated heterocycles. The molecule has 0 fully saturated rings. The quantitative estimate of drug-likeness (QED) is 0.356. The first kappa shape index (κ1) is 23.6. The number of hydrogen-bond acceptors (Lipinski definition) is 8. The largest absolute Gasteiger partial charge is 0.382 e. The fraction of sp³-hybridized carbons (Fsp3) is 0.111. The van der Waals surface area contributed by atoms with E-state index in [4.69, 9.17) is 10.7 Å². The SMILES string of the molecule is CC[C@H](Nc1ncnc(N)c1C#Cc1ncccn1)c1nc2cccc(F)c2c(=O)n1-c1ccccc1. The van der Waals surface area contributed by atoms with Crippen molar-refractivity contribution in [3.05, 3.63) is 107 Å². The molecular formula is C27H21FN8O. The fourth-order valence-corrected chi connectivity index (χ4v) is 3.90. The first-order chi connectivity index (χ1) is 18.1. The lowest BCUT2D eigenvalue weighted by Crippen LogP contribution is -2.29. The molecule has 5 aromatic rings. The zero-order valence-electron chi connectivity index (χ0n) is 19.8. The molecule has 3 N–H and O–H groups in total. The van der Waals surface area contributed by atoms with Gasteiger partial charge in [0.2, 0.25) is 5.82 Å². The van der Waals surface area contributed by atoms with Crippen LogP contribution in [0.2, 0.25) is 0 Å². The molecule has 0 bridgehead atoms. The van der Waals surface area contributed by atoms with Gasteiger partial charge in [-0.05, 0) is 42.7 Å². The summed E-state index contributed by atoms with van der Waals surface area (Å²) in [6.45, 7) is 1.93. The number of aromatic nitrogens is 6. The molecule has 10 heteroatoms. The first-order valence-electron chi connectivity index (χ1n) is 11.5. The van der Waals surface area contributed by atoms with Crippen molar-refractivity contribution in [2.24, 2.45) is 0 Å². The van der Waals surface area contributed by atoms with Crippen molar-refractivity contribution in [3.8, 4) is 17.5 Å². The van der Waals surface area contributed by atoms with Crippen LogP contribution in [0.3, 0.4) is 0 Å². The predicted molar refractivity (Wildman–Crippen MR) is 138 cm³/mol. The van der Waals surface area contributed by atoms with E-state index in [1.165, 1.54) is 23.0 Å². The van der Waals surface area contributed by atoms with Crippen molar-refractivity contribution in [1.29, 1.82) is 0 Å². The zero-order chi connectivity index (χ0) is 25.8. The number of fused-ring (bicyclic) bond motifs is 1. The lowest BCUT2D eigenvalue weighted by Gasteiger charge is -2.22. The fourth-order valence-electron chi connectivity index (χ4n) is 3.90. The van der Waals surface area contributed by atoms with Crippen molar-refractivity contribution in [1.82, 2.24) is 29.5 Å². The number of para-hydroxylation sites is 1. The molecule has 0 unspecified atom stereocenters. The van der Waals surface area contributed by atoms with E-state index in [9.17, 15) is 9.18 Å². The molecule has 9 nitrogen and oxygen atoms in total. The van der Waals surface area contributed by atoms with Gasteiger partial charge >= 0.3 is 0 Å².